The van der Waals surface area contributed by atoms with E-state index in [9.17, 15) is 0 Å². The van der Waals surface area contributed by atoms with Gasteiger partial charge in [0.05, 0.1) is 0 Å². The van der Waals surface area contributed by atoms with Gasteiger partial charge >= 0.3 is 26.2 Å². The zero-order valence-corrected chi connectivity index (χ0v) is 17.3. The second-order valence-electron chi connectivity index (χ2n) is 5.38. The van der Waals surface area contributed by atoms with Crippen molar-refractivity contribution in [3.63, 3.8) is 0 Å². The molecule has 0 spiro atoms. The molecule has 2 aromatic rings. The van der Waals surface area contributed by atoms with E-state index in [4.69, 9.17) is 0 Å². The first-order chi connectivity index (χ1) is 9.75. The van der Waals surface area contributed by atoms with Crippen LogP contribution in [0.2, 0.25) is 0 Å². The predicted molar refractivity (Wildman–Crippen MR) is 84.3 cm³/mol. The second-order valence-corrected chi connectivity index (χ2v) is 5.38. The molecule has 0 aliphatic heterocycles. The molecule has 0 fully saturated rings. The van der Waals surface area contributed by atoms with Crippen molar-refractivity contribution in [2.75, 3.05) is 0 Å². The monoisotopic (exact) mass is 418 g/mol. The molecule has 2 aromatic carbocycles. The summed E-state index contributed by atoms with van der Waals surface area (Å²) in [5.74, 6) is 0. The number of halogens is 2. The average Bonchev–Trinajstić information content (AvgIpc) is 3.03. The van der Waals surface area contributed by atoms with Crippen LogP contribution in [-0.4, -0.2) is 0 Å². The Morgan fingerprint density at radius 3 is 2.22 bits per heavy atom. The average molecular weight is 420 g/mol. The molecule has 2 aliphatic carbocycles. The summed E-state index contributed by atoms with van der Waals surface area (Å²) in [5, 5.41) is 0. The Bertz CT molecular complexity index is 659. The predicted octanol–water partition coefficient (Wildman–Crippen LogP) is -0.851. The Hall–Kier alpha value is -0.617. The van der Waals surface area contributed by atoms with Gasteiger partial charge in [0.15, 0.2) is 0 Å². The Morgan fingerprint density at radius 1 is 0.913 bits per heavy atom. The first-order valence-electron chi connectivity index (χ1n) is 7.06. The van der Waals surface area contributed by atoms with E-state index in [1.165, 1.54) is 33.4 Å². The minimum Gasteiger partial charge on any atom is -1.00 e. The molecule has 0 aromatic heterocycles. The molecule has 116 valence electrons. The van der Waals surface area contributed by atoms with E-state index in [1.54, 1.807) is 0 Å². The SMILES string of the molecule is CC1=C(C)C[C-]=C1.[Cl-].[Cl-].[Zr+4].[c-]1cccc2c1Cc1ccccc1-2. The standard InChI is InChI=1S/C13H9.C7H9.2ClH.Zr/c1-3-7-12-10(5-1)9-11-6-2-4-8-13(11)12;1-6-4-3-5-7(6)2;;;/h1-5,7-8H,9H2;4H,5H2,1-2H3;2*1H;/q2*-1;;;+4/p-2. The van der Waals surface area contributed by atoms with Crippen molar-refractivity contribution in [2.24, 2.45) is 0 Å². The molecule has 4 rings (SSSR count). The van der Waals surface area contributed by atoms with E-state index < -0.39 is 0 Å². The van der Waals surface area contributed by atoms with Crippen molar-refractivity contribution in [2.45, 2.75) is 26.7 Å². The van der Waals surface area contributed by atoms with Crippen molar-refractivity contribution in [1.82, 2.24) is 0 Å². The van der Waals surface area contributed by atoms with Gasteiger partial charge in [-0.3, -0.25) is 6.08 Å². The van der Waals surface area contributed by atoms with Crippen LogP contribution in [0.15, 0.2) is 59.7 Å². The second kappa shape index (κ2) is 10.3. The largest absolute Gasteiger partial charge is 4.00 e. The molecule has 0 N–H and O–H groups in total. The third-order valence-electron chi connectivity index (χ3n) is 3.98. The van der Waals surface area contributed by atoms with Gasteiger partial charge in [-0.2, -0.15) is 35.4 Å². The van der Waals surface area contributed by atoms with Crippen LogP contribution in [-0.2, 0) is 32.6 Å². The molecular formula is C20H18Cl2Zr. The van der Waals surface area contributed by atoms with Crippen molar-refractivity contribution in [1.29, 1.82) is 0 Å². The Kier molecular flexibility index (Phi) is 10.0. The van der Waals surface area contributed by atoms with Gasteiger partial charge in [-0.25, -0.2) is 11.6 Å². The summed E-state index contributed by atoms with van der Waals surface area (Å²) in [6.07, 6.45) is 7.27. The maximum absolute atomic E-state index is 3.30. The Balaban J connectivity index is 0.000000426. The molecule has 2 aliphatic rings. The quantitative estimate of drug-likeness (QED) is 0.416. The molecule has 0 amide bonds. The van der Waals surface area contributed by atoms with E-state index in [0.29, 0.717) is 0 Å². The Morgan fingerprint density at radius 2 is 1.61 bits per heavy atom. The Labute approximate surface area is 171 Å². The molecule has 0 saturated heterocycles. The molecule has 0 unspecified atom stereocenters. The van der Waals surface area contributed by atoms with Gasteiger partial charge < -0.3 is 24.8 Å². The summed E-state index contributed by atoms with van der Waals surface area (Å²) in [7, 11) is 0. The van der Waals surface area contributed by atoms with Crippen molar-refractivity contribution >= 4 is 0 Å². The summed E-state index contributed by atoms with van der Waals surface area (Å²) < 4.78 is 0. The summed E-state index contributed by atoms with van der Waals surface area (Å²) >= 11 is 0. The molecule has 0 saturated carbocycles. The molecule has 0 nitrogen and oxygen atoms in total. The molecule has 0 bridgehead atoms. The third-order valence-corrected chi connectivity index (χ3v) is 3.98. The summed E-state index contributed by atoms with van der Waals surface area (Å²) in [6, 6.07) is 18.1. The first kappa shape index (κ1) is 22.4. The van der Waals surface area contributed by atoms with Crippen molar-refractivity contribution in [3.8, 4) is 11.1 Å². The van der Waals surface area contributed by atoms with Crippen LogP contribution >= 0.6 is 0 Å². The minimum absolute atomic E-state index is 0. The van der Waals surface area contributed by atoms with Crippen LogP contribution in [0.4, 0.5) is 0 Å². The number of rotatable bonds is 0. The maximum Gasteiger partial charge on any atom is 4.00 e. The van der Waals surface area contributed by atoms with Gasteiger partial charge in [0.25, 0.3) is 0 Å². The molecule has 0 heterocycles. The summed E-state index contributed by atoms with van der Waals surface area (Å²) in [5.41, 5.74) is 8.36. The minimum atomic E-state index is 0. The van der Waals surface area contributed by atoms with E-state index >= 15 is 0 Å². The maximum atomic E-state index is 3.30. The molecule has 0 atom stereocenters. The van der Waals surface area contributed by atoms with Gasteiger partial charge in [0.1, 0.15) is 0 Å². The fourth-order valence-electron chi connectivity index (χ4n) is 2.62. The summed E-state index contributed by atoms with van der Waals surface area (Å²) in [6.45, 7) is 4.27. The normalized spacial score (nSPS) is 12.8. The van der Waals surface area contributed by atoms with Crippen LogP contribution in [0.5, 0.6) is 0 Å². The number of hydrogen-bond acceptors (Lipinski definition) is 0. The fraction of sp³-hybridized carbons (Fsp3) is 0.200. The topological polar surface area (TPSA) is 0 Å². The molecular weight excluding hydrogens is 402 g/mol. The van der Waals surface area contributed by atoms with Crippen LogP contribution in [0, 0.1) is 12.1 Å². The van der Waals surface area contributed by atoms with E-state index in [0.717, 1.165) is 12.8 Å². The molecule has 3 heteroatoms. The number of fused-ring (bicyclic) bond motifs is 3. The molecule has 0 radical (unpaired) electrons. The van der Waals surface area contributed by atoms with Gasteiger partial charge in [-0.15, -0.1) is 18.9 Å². The first-order valence-corrected chi connectivity index (χ1v) is 7.06. The van der Waals surface area contributed by atoms with Crippen molar-refractivity contribution in [3.05, 3.63) is 83.0 Å². The van der Waals surface area contributed by atoms with Gasteiger partial charge in [-0.1, -0.05) is 42.3 Å². The van der Waals surface area contributed by atoms with E-state index in [-0.39, 0.29) is 51.0 Å². The zero-order valence-electron chi connectivity index (χ0n) is 13.3. The number of allylic oxidation sites excluding steroid dienone is 4. The van der Waals surface area contributed by atoms with Gasteiger partial charge in [0, 0.05) is 0 Å². The van der Waals surface area contributed by atoms with E-state index in [2.05, 4.69) is 68.5 Å². The smallest absolute Gasteiger partial charge is 1.00 e. The van der Waals surface area contributed by atoms with Crippen LogP contribution in [0.25, 0.3) is 11.1 Å². The van der Waals surface area contributed by atoms with Crippen molar-refractivity contribution < 1.29 is 51.0 Å². The van der Waals surface area contributed by atoms with Gasteiger partial charge in [-0.05, 0) is 6.42 Å². The summed E-state index contributed by atoms with van der Waals surface area (Å²) in [4.78, 5) is 0. The fourth-order valence-corrected chi connectivity index (χ4v) is 2.62. The van der Waals surface area contributed by atoms with Gasteiger partial charge in [0.2, 0.25) is 0 Å². The zero-order chi connectivity index (χ0) is 13.9. The van der Waals surface area contributed by atoms with Crippen LogP contribution in [0.3, 0.4) is 0 Å². The van der Waals surface area contributed by atoms with E-state index in [1.807, 2.05) is 6.07 Å². The third kappa shape index (κ3) is 5.18. The van der Waals surface area contributed by atoms with Crippen LogP contribution < -0.4 is 24.8 Å². The number of hydrogen-bond donors (Lipinski definition) is 0. The molecule has 23 heavy (non-hydrogen) atoms. The number of benzene rings is 2. The van der Waals surface area contributed by atoms with Crippen LogP contribution in [0.1, 0.15) is 31.4 Å².